The van der Waals surface area contributed by atoms with Crippen LogP contribution in [0.5, 0.6) is 5.75 Å². The van der Waals surface area contributed by atoms with Gasteiger partial charge in [0, 0.05) is 6.04 Å². The molecule has 0 spiro atoms. The van der Waals surface area contributed by atoms with Crippen LogP contribution in [0.4, 0.5) is 5.95 Å². The summed E-state index contributed by atoms with van der Waals surface area (Å²) in [5.41, 5.74) is 7.43. The molecule has 78 valence electrons. The van der Waals surface area contributed by atoms with E-state index in [-0.39, 0.29) is 5.75 Å². The molecule has 1 aliphatic rings. The fourth-order valence-electron chi connectivity index (χ4n) is 2.15. The highest BCUT2D eigenvalue weighted by atomic mass is 16.3. The fourth-order valence-corrected chi connectivity index (χ4v) is 2.15. The van der Waals surface area contributed by atoms with Gasteiger partial charge in [0.2, 0.25) is 5.95 Å². The number of phenols is 1. The van der Waals surface area contributed by atoms with Crippen molar-refractivity contribution in [2.24, 2.45) is 0 Å². The summed E-state index contributed by atoms with van der Waals surface area (Å²) < 4.78 is 2.04. The van der Waals surface area contributed by atoms with Crippen LogP contribution < -0.4 is 5.73 Å². The predicted molar refractivity (Wildman–Crippen MR) is 58.7 cm³/mol. The lowest BCUT2D eigenvalue weighted by Crippen LogP contribution is -2.18. The van der Waals surface area contributed by atoms with E-state index < -0.39 is 0 Å². The normalized spacial score (nSPS) is 16.8. The Bertz CT molecular complexity index is 514. The monoisotopic (exact) mass is 203 g/mol. The Hall–Kier alpha value is -1.71. The molecule has 1 aromatic heterocycles. The van der Waals surface area contributed by atoms with Crippen molar-refractivity contribution in [3.63, 3.8) is 0 Å². The molecule has 1 saturated carbocycles. The highest BCUT2D eigenvalue weighted by Crippen LogP contribution is 2.37. The number of hydrogen-bond acceptors (Lipinski definition) is 3. The van der Waals surface area contributed by atoms with Crippen molar-refractivity contribution in [1.29, 1.82) is 0 Å². The number of nitrogens with zero attached hydrogens (tertiary/aromatic N) is 2. The molecule has 0 aliphatic heterocycles. The molecule has 0 amide bonds. The van der Waals surface area contributed by atoms with Gasteiger partial charge in [-0.25, -0.2) is 4.98 Å². The second-order valence-electron chi connectivity index (χ2n) is 4.07. The van der Waals surface area contributed by atoms with Crippen molar-refractivity contribution in [1.82, 2.24) is 9.55 Å². The quantitative estimate of drug-likeness (QED) is 0.745. The molecule has 0 bridgehead atoms. The molecule has 1 fully saturated rings. The van der Waals surface area contributed by atoms with E-state index >= 15 is 0 Å². The van der Waals surface area contributed by atoms with Crippen LogP contribution in [0.25, 0.3) is 11.0 Å². The van der Waals surface area contributed by atoms with Crippen LogP contribution in [0.15, 0.2) is 18.2 Å². The summed E-state index contributed by atoms with van der Waals surface area (Å²) in [5, 5.41) is 9.65. The number of aromatic nitrogens is 2. The third-order valence-electron chi connectivity index (χ3n) is 3.17. The summed E-state index contributed by atoms with van der Waals surface area (Å²) in [4.78, 5) is 4.21. The first kappa shape index (κ1) is 8.59. The van der Waals surface area contributed by atoms with E-state index in [0.717, 1.165) is 18.4 Å². The van der Waals surface area contributed by atoms with Crippen molar-refractivity contribution in [3.05, 3.63) is 18.2 Å². The second-order valence-corrected chi connectivity index (χ2v) is 4.07. The molecule has 0 unspecified atom stereocenters. The topological polar surface area (TPSA) is 64.1 Å². The molecule has 0 radical (unpaired) electrons. The third kappa shape index (κ3) is 1.11. The SMILES string of the molecule is Nc1nc2c(O)cccc2n1C1CCC1. The van der Waals surface area contributed by atoms with Crippen molar-refractivity contribution in [2.45, 2.75) is 25.3 Å². The summed E-state index contributed by atoms with van der Waals surface area (Å²) in [6.45, 7) is 0. The van der Waals surface area contributed by atoms with E-state index in [4.69, 9.17) is 5.73 Å². The maximum atomic E-state index is 9.65. The van der Waals surface area contributed by atoms with Crippen LogP contribution >= 0.6 is 0 Å². The van der Waals surface area contributed by atoms with Crippen LogP contribution in [-0.2, 0) is 0 Å². The van der Waals surface area contributed by atoms with E-state index in [1.165, 1.54) is 6.42 Å². The molecular formula is C11H13N3O. The van der Waals surface area contributed by atoms with Crippen LogP contribution in [0, 0.1) is 0 Å². The van der Waals surface area contributed by atoms with Gasteiger partial charge in [-0.1, -0.05) is 6.07 Å². The molecule has 2 aromatic rings. The average Bonchev–Trinajstić information content (AvgIpc) is 2.44. The minimum Gasteiger partial charge on any atom is -0.506 e. The Morgan fingerprint density at radius 1 is 1.40 bits per heavy atom. The number of anilines is 1. The molecule has 3 rings (SSSR count). The Labute approximate surface area is 87.3 Å². The highest BCUT2D eigenvalue weighted by molar-refractivity contribution is 5.84. The van der Waals surface area contributed by atoms with Crippen LogP contribution in [-0.4, -0.2) is 14.7 Å². The zero-order chi connectivity index (χ0) is 10.4. The number of para-hydroxylation sites is 1. The third-order valence-corrected chi connectivity index (χ3v) is 3.17. The minimum absolute atomic E-state index is 0.206. The van der Waals surface area contributed by atoms with Gasteiger partial charge in [0.1, 0.15) is 11.3 Å². The molecule has 15 heavy (non-hydrogen) atoms. The number of aromatic hydroxyl groups is 1. The van der Waals surface area contributed by atoms with Gasteiger partial charge >= 0.3 is 0 Å². The van der Waals surface area contributed by atoms with Gasteiger partial charge in [0.15, 0.2) is 0 Å². The lowest BCUT2D eigenvalue weighted by molar-refractivity contribution is 0.324. The van der Waals surface area contributed by atoms with E-state index in [0.29, 0.717) is 17.5 Å². The van der Waals surface area contributed by atoms with Crippen LogP contribution in [0.1, 0.15) is 25.3 Å². The summed E-state index contributed by atoms with van der Waals surface area (Å²) in [7, 11) is 0. The molecule has 0 saturated heterocycles. The van der Waals surface area contributed by atoms with Gasteiger partial charge < -0.3 is 15.4 Å². The second kappa shape index (κ2) is 2.89. The number of hydrogen-bond donors (Lipinski definition) is 2. The minimum atomic E-state index is 0.206. The summed E-state index contributed by atoms with van der Waals surface area (Å²) >= 11 is 0. The van der Waals surface area contributed by atoms with E-state index in [1.54, 1.807) is 6.07 Å². The van der Waals surface area contributed by atoms with Gasteiger partial charge in [-0.2, -0.15) is 0 Å². The van der Waals surface area contributed by atoms with E-state index in [9.17, 15) is 5.11 Å². The molecule has 4 heteroatoms. The Morgan fingerprint density at radius 2 is 2.20 bits per heavy atom. The van der Waals surface area contributed by atoms with Crippen molar-refractivity contribution < 1.29 is 5.11 Å². The number of imidazole rings is 1. The number of phenolic OH excluding ortho intramolecular Hbond substituents is 1. The maximum Gasteiger partial charge on any atom is 0.201 e. The molecule has 1 aliphatic carbocycles. The maximum absolute atomic E-state index is 9.65. The smallest absolute Gasteiger partial charge is 0.201 e. The number of fused-ring (bicyclic) bond motifs is 1. The molecule has 0 atom stereocenters. The fraction of sp³-hybridized carbons (Fsp3) is 0.364. The summed E-state index contributed by atoms with van der Waals surface area (Å²) in [6, 6.07) is 5.89. The molecule has 4 nitrogen and oxygen atoms in total. The van der Waals surface area contributed by atoms with Crippen molar-refractivity contribution >= 4 is 17.0 Å². The van der Waals surface area contributed by atoms with Gasteiger partial charge in [0.25, 0.3) is 0 Å². The Balaban J connectivity index is 2.27. The number of nitrogen functional groups attached to an aromatic ring is 1. The zero-order valence-corrected chi connectivity index (χ0v) is 8.35. The van der Waals surface area contributed by atoms with Gasteiger partial charge in [-0.05, 0) is 31.4 Å². The van der Waals surface area contributed by atoms with Gasteiger partial charge in [-0.3, -0.25) is 0 Å². The standard InChI is InChI=1S/C11H13N3O/c12-11-13-10-8(5-2-6-9(10)15)14(11)7-3-1-4-7/h2,5-7,15H,1,3-4H2,(H2,12,13). The van der Waals surface area contributed by atoms with Crippen LogP contribution in [0.2, 0.25) is 0 Å². The lowest BCUT2D eigenvalue weighted by Gasteiger charge is -2.28. The van der Waals surface area contributed by atoms with Crippen molar-refractivity contribution in [3.8, 4) is 5.75 Å². The molecule has 1 heterocycles. The van der Waals surface area contributed by atoms with E-state index in [1.807, 2.05) is 16.7 Å². The first-order chi connectivity index (χ1) is 7.27. The Kier molecular flexibility index (Phi) is 1.65. The molecule has 1 aromatic carbocycles. The number of benzene rings is 1. The van der Waals surface area contributed by atoms with Crippen molar-refractivity contribution in [2.75, 3.05) is 5.73 Å². The first-order valence-electron chi connectivity index (χ1n) is 5.23. The number of nitrogens with two attached hydrogens (primary N) is 1. The first-order valence-corrected chi connectivity index (χ1v) is 5.23. The highest BCUT2D eigenvalue weighted by Gasteiger charge is 2.24. The molecule has 3 N–H and O–H groups in total. The van der Waals surface area contributed by atoms with Gasteiger partial charge in [-0.15, -0.1) is 0 Å². The molecular weight excluding hydrogens is 190 g/mol. The largest absolute Gasteiger partial charge is 0.506 e. The van der Waals surface area contributed by atoms with Gasteiger partial charge in [0.05, 0.1) is 5.52 Å². The zero-order valence-electron chi connectivity index (χ0n) is 8.35. The number of rotatable bonds is 1. The summed E-state index contributed by atoms with van der Waals surface area (Å²) in [5.74, 6) is 0.716. The Morgan fingerprint density at radius 3 is 2.87 bits per heavy atom. The van der Waals surface area contributed by atoms with E-state index in [2.05, 4.69) is 4.98 Å². The van der Waals surface area contributed by atoms with Crippen LogP contribution in [0.3, 0.4) is 0 Å². The summed E-state index contributed by atoms with van der Waals surface area (Å²) in [6.07, 6.45) is 3.57. The lowest BCUT2D eigenvalue weighted by atomic mass is 9.93. The average molecular weight is 203 g/mol. The predicted octanol–water partition coefficient (Wildman–Crippen LogP) is 2.05.